The van der Waals surface area contributed by atoms with Crippen molar-refractivity contribution < 1.29 is 19.1 Å². The average molecular weight is 395 g/mol. The van der Waals surface area contributed by atoms with E-state index in [2.05, 4.69) is 10.3 Å². The fourth-order valence-electron chi connectivity index (χ4n) is 2.14. The molecule has 8 heteroatoms. The number of benzene rings is 1. The van der Waals surface area contributed by atoms with Crippen molar-refractivity contribution in [2.45, 2.75) is 36.8 Å². The summed E-state index contributed by atoms with van der Waals surface area (Å²) in [6.07, 6.45) is 0.145. The van der Waals surface area contributed by atoms with Crippen molar-refractivity contribution in [3.63, 3.8) is 0 Å². The summed E-state index contributed by atoms with van der Waals surface area (Å²) in [5.41, 5.74) is 2.33. The first-order valence-corrected chi connectivity index (χ1v) is 9.91. The number of hydrogen-bond donors (Lipinski definition) is 1. The standard InChI is InChI=1S/C18H22N2O4S2/c1-5-24-16(21)9-13-10-25-18(19-13)26-12(3)17(22)20-14-8-11(2)6-7-15(14)23-4/h6-8,10,12H,5,9H2,1-4H3,(H,20,22)/t12-/m0/s1. The van der Waals surface area contributed by atoms with Gasteiger partial charge >= 0.3 is 5.97 Å². The molecule has 1 atom stereocenters. The van der Waals surface area contributed by atoms with E-state index in [1.54, 1.807) is 14.0 Å². The molecular weight excluding hydrogens is 372 g/mol. The number of anilines is 1. The molecule has 6 nitrogen and oxygen atoms in total. The Balaban J connectivity index is 1.96. The minimum absolute atomic E-state index is 0.138. The number of thiazole rings is 1. The van der Waals surface area contributed by atoms with Gasteiger partial charge in [-0.1, -0.05) is 17.8 Å². The van der Waals surface area contributed by atoms with E-state index in [4.69, 9.17) is 9.47 Å². The molecule has 0 radical (unpaired) electrons. The zero-order valence-electron chi connectivity index (χ0n) is 15.2. The molecule has 1 aromatic carbocycles. The highest BCUT2D eigenvalue weighted by Gasteiger charge is 2.18. The maximum atomic E-state index is 12.5. The summed E-state index contributed by atoms with van der Waals surface area (Å²) in [7, 11) is 1.57. The van der Waals surface area contributed by atoms with Gasteiger partial charge in [0.25, 0.3) is 0 Å². The summed E-state index contributed by atoms with van der Waals surface area (Å²) >= 11 is 2.76. The van der Waals surface area contributed by atoms with Gasteiger partial charge in [-0.3, -0.25) is 9.59 Å². The average Bonchev–Trinajstić information content (AvgIpc) is 3.02. The Morgan fingerprint density at radius 2 is 2.15 bits per heavy atom. The van der Waals surface area contributed by atoms with Gasteiger partial charge in [-0.2, -0.15) is 0 Å². The second-order valence-corrected chi connectivity index (χ2v) is 7.99. The minimum atomic E-state index is -0.346. The van der Waals surface area contributed by atoms with Crippen molar-refractivity contribution in [3.8, 4) is 5.75 Å². The number of thioether (sulfide) groups is 1. The summed E-state index contributed by atoms with van der Waals surface area (Å²) in [6, 6.07) is 5.62. The Morgan fingerprint density at radius 3 is 2.85 bits per heavy atom. The Morgan fingerprint density at radius 1 is 1.38 bits per heavy atom. The van der Waals surface area contributed by atoms with Crippen molar-refractivity contribution in [2.24, 2.45) is 0 Å². The topological polar surface area (TPSA) is 77.5 Å². The fraction of sp³-hybridized carbons (Fsp3) is 0.389. The van der Waals surface area contributed by atoms with Gasteiger partial charge in [0.1, 0.15) is 5.75 Å². The number of ether oxygens (including phenoxy) is 2. The summed E-state index contributed by atoms with van der Waals surface area (Å²) in [5, 5.41) is 4.36. The molecule has 0 aliphatic heterocycles. The lowest BCUT2D eigenvalue weighted by atomic mass is 10.2. The van der Waals surface area contributed by atoms with E-state index in [-0.39, 0.29) is 23.5 Å². The number of hydrogen-bond acceptors (Lipinski definition) is 7. The van der Waals surface area contributed by atoms with Crippen LogP contribution in [0.2, 0.25) is 0 Å². The van der Waals surface area contributed by atoms with Gasteiger partial charge in [0, 0.05) is 5.38 Å². The normalized spacial score (nSPS) is 11.7. The van der Waals surface area contributed by atoms with Gasteiger partial charge in [0.05, 0.1) is 36.8 Å². The lowest BCUT2D eigenvalue weighted by molar-refractivity contribution is -0.142. The van der Waals surface area contributed by atoms with Crippen LogP contribution in [0, 0.1) is 6.92 Å². The fourth-order valence-corrected chi connectivity index (χ4v) is 4.12. The van der Waals surface area contributed by atoms with Crippen LogP contribution >= 0.6 is 23.1 Å². The summed E-state index contributed by atoms with van der Waals surface area (Å²) < 4.78 is 10.9. The highest BCUT2D eigenvalue weighted by atomic mass is 32.2. The van der Waals surface area contributed by atoms with Crippen LogP contribution in [0.1, 0.15) is 25.1 Å². The van der Waals surface area contributed by atoms with E-state index in [1.165, 1.54) is 23.1 Å². The molecule has 0 saturated carbocycles. The molecule has 1 heterocycles. The van der Waals surface area contributed by atoms with E-state index in [9.17, 15) is 9.59 Å². The van der Waals surface area contributed by atoms with Crippen LogP contribution in [0.4, 0.5) is 5.69 Å². The van der Waals surface area contributed by atoms with Gasteiger partial charge in [-0.25, -0.2) is 4.98 Å². The number of carbonyl (C=O) groups excluding carboxylic acids is 2. The van der Waals surface area contributed by atoms with Crippen molar-refractivity contribution in [3.05, 3.63) is 34.8 Å². The summed E-state index contributed by atoms with van der Waals surface area (Å²) in [5.74, 6) is 0.180. The Labute approximate surface area is 161 Å². The number of rotatable bonds is 8. The molecule has 0 unspecified atom stereocenters. The molecule has 26 heavy (non-hydrogen) atoms. The maximum Gasteiger partial charge on any atom is 0.311 e. The van der Waals surface area contributed by atoms with Crippen molar-refractivity contribution in [2.75, 3.05) is 19.0 Å². The van der Waals surface area contributed by atoms with Crippen LogP contribution in [0.5, 0.6) is 5.75 Å². The molecule has 0 saturated heterocycles. The molecular formula is C18H22N2O4S2. The van der Waals surface area contributed by atoms with Crippen molar-refractivity contribution in [1.82, 2.24) is 4.98 Å². The second kappa shape index (κ2) is 9.59. The molecule has 1 N–H and O–H groups in total. The Bertz CT molecular complexity index is 776. The number of nitrogens with zero attached hydrogens (tertiary/aromatic N) is 1. The van der Waals surface area contributed by atoms with Gasteiger partial charge in [0.15, 0.2) is 4.34 Å². The van der Waals surface area contributed by atoms with Crippen molar-refractivity contribution in [1.29, 1.82) is 0 Å². The van der Waals surface area contributed by atoms with Crippen LogP contribution in [-0.4, -0.2) is 35.8 Å². The quantitative estimate of drug-likeness (QED) is 0.544. The first-order chi connectivity index (χ1) is 12.4. The summed E-state index contributed by atoms with van der Waals surface area (Å²) in [6.45, 7) is 5.89. The number of aryl methyl sites for hydroxylation is 1. The van der Waals surface area contributed by atoms with Crippen LogP contribution in [0.25, 0.3) is 0 Å². The third-order valence-corrected chi connectivity index (χ3v) is 5.54. The monoisotopic (exact) mass is 394 g/mol. The van der Waals surface area contributed by atoms with Crippen LogP contribution in [0.3, 0.4) is 0 Å². The highest BCUT2D eigenvalue weighted by molar-refractivity contribution is 8.02. The third kappa shape index (κ3) is 5.74. The van der Waals surface area contributed by atoms with Crippen LogP contribution in [0.15, 0.2) is 27.9 Å². The Kier molecular flexibility index (Phi) is 7.47. The largest absolute Gasteiger partial charge is 0.495 e. The number of methoxy groups -OCH3 is 1. The molecule has 1 amide bonds. The molecule has 0 spiro atoms. The number of amides is 1. The summed E-state index contributed by atoms with van der Waals surface area (Å²) in [4.78, 5) is 28.4. The van der Waals surface area contributed by atoms with Crippen molar-refractivity contribution >= 4 is 40.7 Å². The van der Waals surface area contributed by atoms with Gasteiger partial charge in [-0.15, -0.1) is 11.3 Å². The van der Waals surface area contributed by atoms with E-state index >= 15 is 0 Å². The molecule has 0 aliphatic carbocycles. The molecule has 0 bridgehead atoms. The van der Waals surface area contributed by atoms with Crippen LogP contribution < -0.4 is 10.1 Å². The molecule has 0 fully saturated rings. The lowest BCUT2D eigenvalue weighted by Gasteiger charge is -2.14. The number of aromatic nitrogens is 1. The van der Waals surface area contributed by atoms with Crippen LogP contribution in [-0.2, 0) is 20.7 Å². The predicted octanol–water partition coefficient (Wildman–Crippen LogP) is 3.69. The highest BCUT2D eigenvalue weighted by Crippen LogP contribution is 2.30. The van der Waals surface area contributed by atoms with Gasteiger partial charge < -0.3 is 14.8 Å². The minimum Gasteiger partial charge on any atom is -0.495 e. The molecule has 1 aromatic heterocycles. The third-order valence-electron chi connectivity index (χ3n) is 3.42. The van der Waals surface area contributed by atoms with E-state index < -0.39 is 0 Å². The molecule has 140 valence electrons. The predicted molar refractivity (Wildman–Crippen MR) is 104 cm³/mol. The first kappa shape index (κ1) is 20.3. The number of nitrogens with one attached hydrogen (secondary N) is 1. The first-order valence-electron chi connectivity index (χ1n) is 8.15. The second-order valence-electron chi connectivity index (χ2n) is 5.54. The Hall–Kier alpha value is -2.06. The zero-order chi connectivity index (χ0) is 19.1. The molecule has 0 aliphatic rings. The SMILES string of the molecule is CCOC(=O)Cc1csc(S[C@@H](C)C(=O)Nc2cc(C)ccc2OC)n1. The zero-order valence-corrected chi connectivity index (χ0v) is 16.8. The lowest BCUT2D eigenvalue weighted by Crippen LogP contribution is -2.22. The van der Waals surface area contributed by atoms with E-state index in [0.29, 0.717) is 23.7 Å². The number of esters is 1. The van der Waals surface area contributed by atoms with Gasteiger partial charge in [-0.05, 0) is 38.5 Å². The smallest absolute Gasteiger partial charge is 0.311 e. The van der Waals surface area contributed by atoms with E-state index in [1.807, 2.05) is 37.4 Å². The molecule has 2 aromatic rings. The molecule has 2 rings (SSSR count). The van der Waals surface area contributed by atoms with Gasteiger partial charge in [0.2, 0.25) is 5.91 Å². The maximum absolute atomic E-state index is 12.5. The van der Waals surface area contributed by atoms with E-state index in [0.717, 1.165) is 9.90 Å². The number of carbonyl (C=O) groups is 2.